The summed E-state index contributed by atoms with van der Waals surface area (Å²) in [6.45, 7) is 0. The maximum atomic E-state index is 12.9. The van der Waals surface area contributed by atoms with Gasteiger partial charge in [-0.15, -0.1) is 11.3 Å². The normalized spacial score (nSPS) is 12.7. The minimum absolute atomic E-state index is 0.327. The lowest BCUT2D eigenvalue weighted by molar-refractivity contribution is 0.178. The topological polar surface area (TPSA) is 20.2 Å². The number of rotatable bonds is 3. The summed E-state index contributed by atoms with van der Waals surface area (Å²) >= 11 is 10.5. The van der Waals surface area contributed by atoms with Crippen molar-refractivity contribution in [2.75, 3.05) is 0 Å². The first-order valence-electron chi connectivity index (χ1n) is 4.93. The van der Waals surface area contributed by atoms with Gasteiger partial charge in [-0.25, -0.2) is 4.39 Å². The summed E-state index contributed by atoms with van der Waals surface area (Å²) in [6, 6.07) is 7.95. The average molecular weight is 336 g/mol. The van der Waals surface area contributed by atoms with Crippen LogP contribution in [0.4, 0.5) is 4.39 Å². The van der Waals surface area contributed by atoms with E-state index in [1.807, 2.05) is 6.07 Å². The van der Waals surface area contributed by atoms with Crippen LogP contribution < -0.4 is 0 Å². The van der Waals surface area contributed by atoms with Gasteiger partial charge >= 0.3 is 0 Å². The van der Waals surface area contributed by atoms with Gasteiger partial charge in [-0.3, -0.25) is 0 Å². The van der Waals surface area contributed by atoms with Gasteiger partial charge in [0.05, 0.1) is 10.4 Å². The largest absolute Gasteiger partial charge is 0.388 e. The van der Waals surface area contributed by atoms with Crippen molar-refractivity contribution in [3.05, 3.63) is 55.4 Å². The van der Waals surface area contributed by atoms with Crippen molar-refractivity contribution in [2.24, 2.45) is 0 Å². The van der Waals surface area contributed by atoms with Gasteiger partial charge in [-0.05, 0) is 29.8 Å². The van der Waals surface area contributed by atoms with Crippen molar-refractivity contribution in [1.29, 1.82) is 0 Å². The molecule has 2 aromatic rings. The van der Waals surface area contributed by atoms with Gasteiger partial charge in [0, 0.05) is 15.8 Å². The molecule has 1 atom stereocenters. The molecule has 90 valence electrons. The Morgan fingerprint density at radius 3 is 2.71 bits per heavy atom. The standard InChI is InChI=1S/C12H9BrClFOS/c13-10-5-7(15)1-3-9(10)11(16)6-8-2-4-12(14)17-8/h1-5,11,16H,6H2. The van der Waals surface area contributed by atoms with Crippen LogP contribution in [-0.4, -0.2) is 5.11 Å². The monoisotopic (exact) mass is 334 g/mol. The molecule has 1 nitrogen and oxygen atoms in total. The second-order valence-electron chi connectivity index (χ2n) is 3.59. The molecule has 0 amide bonds. The molecule has 0 aliphatic carbocycles. The van der Waals surface area contributed by atoms with Crippen LogP contribution in [0.15, 0.2) is 34.8 Å². The number of hydrogen-bond acceptors (Lipinski definition) is 2. The first-order chi connectivity index (χ1) is 8.06. The Morgan fingerprint density at radius 1 is 1.35 bits per heavy atom. The molecule has 1 heterocycles. The van der Waals surface area contributed by atoms with E-state index in [-0.39, 0.29) is 5.82 Å². The molecule has 0 bridgehead atoms. The molecule has 1 N–H and O–H groups in total. The van der Waals surface area contributed by atoms with Crippen LogP contribution >= 0.6 is 38.9 Å². The fourth-order valence-electron chi connectivity index (χ4n) is 1.53. The number of aliphatic hydroxyl groups excluding tert-OH is 1. The smallest absolute Gasteiger partial charge is 0.124 e. The summed E-state index contributed by atoms with van der Waals surface area (Å²) in [5.41, 5.74) is 0.677. The molecule has 5 heteroatoms. The van der Waals surface area contributed by atoms with Gasteiger partial charge in [0.15, 0.2) is 0 Å². The van der Waals surface area contributed by atoms with E-state index in [4.69, 9.17) is 11.6 Å². The lowest BCUT2D eigenvalue weighted by Gasteiger charge is -2.11. The second kappa shape index (κ2) is 5.48. The van der Waals surface area contributed by atoms with Crippen molar-refractivity contribution in [3.8, 4) is 0 Å². The molecule has 1 aromatic heterocycles. The van der Waals surface area contributed by atoms with Crippen molar-refractivity contribution in [1.82, 2.24) is 0 Å². The van der Waals surface area contributed by atoms with Crippen LogP contribution in [0.1, 0.15) is 16.5 Å². The highest BCUT2D eigenvalue weighted by atomic mass is 79.9. The molecule has 2 rings (SSSR count). The van der Waals surface area contributed by atoms with Crippen LogP contribution in [0.2, 0.25) is 4.34 Å². The van der Waals surface area contributed by atoms with Gasteiger partial charge in [-0.2, -0.15) is 0 Å². The van der Waals surface area contributed by atoms with Crippen LogP contribution in [0.3, 0.4) is 0 Å². The number of halogens is 3. The summed E-state index contributed by atoms with van der Waals surface area (Å²) in [5.74, 6) is -0.327. The summed E-state index contributed by atoms with van der Waals surface area (Å²) in [4.78, 5) is 0.999. The quantitative estimate of drug-likeness (QED) is 0.870. The van der Waals surface area contributed by atoms with E-state index < -0.39 is 6.10 Å². The summed E-state index contributed by atoms with van der Waals surface area (Å²) in [5, 5.41) is 10.1. The lowest BCUT2D eigenvalue weighted by atomic mass is 10.1. The zero-order valence-corrected chi connectivity index (χ0v) is 11.8. The molecule has 0 aliphatic rings. The van der Waals surface area contributed by atoms with Gasteiger partial charge in [0.1, 0.15) is 5.82 Å². The highest BCUT2D eigenvalue weighted by Crippen LogP contribution is 2.30. The summed E-state index contributed by atoms with van der Waals surface area (Å²) in [6.07, 6.45) is -0.193. The fraction of sp³-hybridized carbons (Fsp3) is 0.167. The molecule has 1 aromatic carbocycles. The third kappa shape index (κ3) is 3.28. The lowest BCUT2D eigenvalue weighted by Crippen LogP contribution is -2.01. The zero-order valence-electron chi connectivity index (χ0n) is 8.66. The highest BCUT2D eigenvalue weighted by Gasteiger charge is 2.13. The maximum Gasteiger partial charge on any atom is 0.124 e. The number of thiophene rings is 1. The van der Waals surface area contributed by atoms with E-state index in [0.717, 1.165) is 4.88 Å². The molecule has 0 saturated carbocycles. The van der Waals surface area contributed by atoms with Gasteiger partial charge in [0.2, 0.25) is 0 Å². The van der Waals surface area contributed by atoms with E-state index in [1.54, 1.807) is 12.1 Å². The predicted molar refractivity (Wildman–Crippen MR) is 72.1 cm³/mol. The minimum atomic E-state index is -0.667. The molecular formula is C12H9BrClFOS. The molecule has 0 saturated heterocycles. The van der Waals surface area contributed by atoms with Gasteiger partial charge in [0.25, 0.3) is 0 Å². The van der Waals surface area contributed by atoms with E-state index in [0.29, 0.717) is 20.8 Å². The SMILES string of the molecule is OC(Cc1ccc(Cl)s1)c1ccc(F)cc1Br. The zero-order chi connectivity index (χ0) is 12.4. The fourth-order valence-corrected chi connectivity index (χ4v) is 3.27. The minimum Gasteiger partial charge on any atom is -0.388 e. The maximum absolute atomic E-state index is 12.9. The molecule has 1 unspecified atom stereocenters. The molecule has 0 fully saturated rings. The van der Waals surface area contributed by atoms with Gasteiger partial charge in [-0.1, -0.05) is 33.6 Å². The summed E-state index contributed by atoms with van der Waals surface area (Å²) < 4.78 is 14.2. The van der Waals surface area contributed by atoms with E-state index in [1.165, 1.54) is 23.5 Å². The molecule has 0 aliphatic heterocycles. The van der Waals surface area contributed by atoms with E-state index in [2.05, 4.69) is 15.9 Å². The first kappa shape index (κ1) is 13.0. The Morgan fingerprint density at radius 2 is 2.12 bits per heavy atom. The average Bonchev–Trinajstić information content (AvgIpc) is 2.63. The van der Waals surface area contributed by atoms with Crippen LogP contribution in [0.5, 0.6) is 0 Å². The van der Waals surface area contributed by atoms with Crippen molar-refractivity contribution in [3.63, 3.8) is 0 Å². The Hall–Kier alpha value is -0.420. The molecule has 0 spiro atoms. The number of aliphatic hydroxyl groups is 1. The van der Waals surface area contributed by atoms with Crippen molar-refractivity contribution in [2.45, 2.75) is 12.5 Å². The Bertz CT molecular complexity index is 529. The third-order valence-electron chi connectivity index (χ3n) is 2.34. The van der Waals surface area contributed by atoms with Crippen LogP contribution in [0.25, 0.3) is 0 Å². The third-order valence-corrected chi connectivity index (χ3v) is 4.29. The predicted octanol–water partition coefficient (Wildman–Crippen LogP) is 4.58. The van der Waals surface area contributed by atoms with E-state index >= 15 is 0 Å². The Labute approximate surface area is 116 Å². The second-order valence-corrected chi connectivity index (χ2v) is 6.25. The summed E-state index contributed by atoms with van der Waals surface area (Å²) in [7, 11) is 0. The van der Waals surface area contributed by atoms with Crippen molar-refractivity contribution < 1.29 is 9.50 Å². The van der Waals surface area contributed by atoms with Gasteiger partial charge < -0.3 is 5.11 Å². The molecule has 0 radical (unpaired) electrons. The molecular weight excluding hydrogens is 327 g/mol. The number of benzene rings is 1. The Kier molecular flexibility index (Phi) is 4.20. The Balaban J connectivity index is 2.17. The van der Waals surface area contributed by atoms with Crippen LogP contribution in [-0.2, 0) is 6.42 Å². The van der Waals surface area contributed by atoms with Crippen molar-refractivity contribution >= 4 is 38.9 Å². The molecule has 17 heavy (non-hydrogen) atoms. The van der Waals surface area contributed by atoms with Crippen LogP contribution in [0, 0.1) is 5.82 Å². The highest BCUT2D eigenvalue weighted by molar-refractivity contribution is 9.10. The number of hydrogen-bond donors (Lipinski definition) is 1. The van der Waals surface area contributed by atoms with E-state index in [9.17, 15) is 9.50 Å². The first-order valence-corrected chi connectivity index (χ1v) is 6.92.